The van der Waals surface area contributed by atoms with E-state index in [-0.39, 0.29) is 11.0 Å². The Balaban J connectivity index is 0.00000156. The number of rotatable bonds is 8. The van der Waals surface area contributed by atoms with Crippen molar-refractivity contribution >= 4 is 0 Å². The quantitative estimate of drug-likeness (QED) is 0.611. The molecule has 3 rings (SSSR count). The van der Waals surface area contributed by atoms with Crippen LogP contribution in [-0.4, -0.2) is 72.3 Å². The van der Waals surface area contributed by atoms with Crippen LogP contribution in [0.15, 0.2) is 0 Å². The van der Waals surface area contributed by atoms with E-state index in [1.54, 1.807) is 12.8 Å². The molecule has 2 saturated heterocycles. The van der Waals surface area contributed by atoms with Crippen molar-refractivity contribution in [1.29, 1.82) is 0 Å². The summed E-state index contributed by atoms with van der Waals surface area (Å²) in [6.07, 6.45) is 15.1. The van der Waals surface area contributed by atoms with Crippen LogP contribution in [0.5, 0.6) is 0 Å². The van der Waals surface area contributed by atoms with Gasteiger partial charge < -0.3 is 19.9 Å². The molecule has 0 aromatic rings. The highest BCUT2D eigenvalue weighted by Gasteiger charge is 2.41. The summed E-state index contributed by atoms with van der Waals surface area (Å²) < 4.78 is 2.91. The SMILES string of the molecule is CC[N+]1(CCC2(CC[N+]3(CC)CCCC3)CCCC2)CCCC1.[OH-].[OH-]. The Morgan fingerprint density at radius 2 is 0.960 bits per heavy atom. The molecule has 2 heterocycles. The Morgan fingerprint density at radius 3 is 1.28 bits per heavy atom. The monoisotopic (exact) mass is 356 g/mol. The number of nitrogens with zero attached hydrogens (tertiary/aromatic N) is 2. The molecule has 2 aliphatic heterocycles. The molecule has 0 atom stereocenters. The molecule has 4 nitrogen and oxygen atoms in total. The van der Waals surface area contributed by atoms with Crippen LogP contribution in [0.4, 0.5) is 0 Å². The lowest BCUT2D eigenvalue weighted by Crippen LogP contribution is -2.49. The van der Waals surface area contributed by atoms with Gasteiger partial charge in [-0.3, -0.25) is 0 Å². The molecule has 1 saturated carbocycles. The smallest absolute Gasteiger partial charge is 0.0791 e. The van der Waals surface area contributed by atoms with E-state index in [2.05, 4.69) is 13.8 Å². The molecule has 0 aromatic heterocycles. The first-order valence-corrected chi connectivity index (χ1v) is 10.9. The largest absolute Gasteiger partial charge is 0.870 e. The van der Waals surface area contributed by atoms with Crippen molar-refractivity contribution in [2.24, 2.45) is 5.41 Å². The van der Waals surface area contributed by atoms with Gasteiger partial charge in [0.05, 0.1) is 52.4 Å². The summed E-state index contributed by atoms with van der Waals surface area (Å²) in [5.41, 5.74) is 0.728. The molecule has 3 aliphatic rings. The molecule has 4 heteroatoms. The third-order valence-corrected chi connectivity index (χ3v) is 8.27. The van der Waals surface area contributed by atoms with Crippen LogP contribution in [0.2, 0.25) is 0 Å². The number of quaternary nitrogens is 2. The molecule has 0 aromatic carbocycles. The van der Waals surface area contributed by atoms with Gasteiger partial charge in [0.1, 0.15) is 0 Å². The summed E-state index contributed by atoms with van der Waals surface area (Å²) in [7, 11) is 0. The van der Waals surface area contributed by atoms with Crippen molar-refractivity contribution in [2.45, 2.75) is 78.1 Å². The third-order valence-electron chi connectivity index (χ3n) is 8.27. The van der Waals surface area contributed by atoms with Crippen LogP contribution in [0, 0.1) is 5.41 Å². The zero-order chi connectivity index (χ0) is 16.2. The van der Waals surface area contributed by atoms with Crippen molar-refractivity contribution in [2.75, 3.05) is 52.4 Å². The summed E-state index contributed by atoms with van der Waals surface area (Å²) >= 11 is 0. The molecule has 2 N–H and O–H groups in total. The van der Waals surface area contributed by atoms with E-state index >= 15 is 0 Å². The lowest BCUT2D eigenvalue weighted by Gasteiger charge is -2.40. The highest BCUT2D eigenvalue weighted by atomic mass is 16.0. The molecule has 25 heavy (non-hydrogen) atoms. The molecule has 3 fully saturated rings. The van der Waals surface area contributed by atoms with Gasteiger partial charge in [0.25, 0.3) is 0 Å². The lowest BCUT2D eigenvalue weighted by molar-refractivity contribution is -0.918. The van der Waals surface area contributed by atoms with Crippen LogP contribution >= 0.6 is 0 Å². The first-order chi connectivity index (χ1) is 11.2. The number of likely N-dealkylation sites (tertiary alicyclic amines) is 2. The van der Waals surface area contributed by atoms with Gasteiger partial charge in [-0.2, -0.15) is 0 Å². The second kappa shape index (κ2) is 9.68. The van der Waals surface area contributed by atoms with Gasteiger partial charge in [-0.25, -0.2) is 0 Å². The maximum absolute atomic E-state index is 2.44. The van der Waals surface area contributed by atoms with Gasteiger partial charge in [-0.1, -0.05) is 12.8 Å². The molecular weight excluding hydrogens is 312 g/mol. The van der Waals surface area contributed by atoms with E-state index in [1.807, 2.05) is 0 Å². The summed E-state index contributed by atoms with van der Waals surface area (Å²) in [5.74, 6) is 0. The number of hydrogen-bond acceptors (Lipinski definition) is 2. The van der Waals surface area contributed by atoms with Gasteiger partial charge in [0.2, 0.25) is 0 Å². The summed E-state index contributed by atoms with van der Waals surface area (Å²) in [5, 5.41) is 0. The van der Waals surface area contributed by atoms with E-state index in [4.69, 9.17) is 0 Å². The van der Waals surface area contributed by atoms with Crippen LogP contribution in [-0.2, 0) is 0 Å². The maximum atomic E-state index is 2.44. The standard InChI is InChI=1S/C21H42N2.2H2O/c1-3-22(15-7-8-16-22)19-13-21(11-5-6-12-21)14-20-23(4-2)17-9-10-18-23;;/h3-20H2,1-2H3;2*1H2/q+2;;/p-2. The van der Waals surface area contributed by atoms with E-state index in [0.29, 0.717) is 0 Å². The fraction of sp³-hybridized carbons (Fsp3) is 1.00. The lowest BCUT2D eigenvalue weighted by atomic mass is 9.78. The second-order valence-corrected chi connectivity index (χ2v) is 9.28. The molecule has 0 spiro atoms. The minimum atomic E-state index is 0. The fourth-order valence-corrected chi connectivity index (χ4v) is 6.11. The molecular formula is C21H44N2O2. The van der Waals surface area contributed by atoms with Crippen LogP contribution in [0.25, 0.3) is 0 Å². The van der Waals surface area contributed by atoms with E-state index in [0.717, 1.165) is 5.41 Å². The van der Waals surface area contributed by atoms with Crippen LogP contribution in [0.3, 0.4) is 0 Å². The summed E-state index contributed by atoms with van der Waals surface area (Å²) in [4.78, 5) is 0. The number of hydrogen-bond donors (Lipinski definition) is 0. The Hall–Kier alpha value is -0.160. The molecule has 0 amide bonds. The molecule has 0 radical (unpaired) electrons. The highest BCUT2D eigenvalue weighted by molar-refractivity contribution is 4.85. The fourth-order valence-electron chi connectivity index (χ4n) is 6.11. The minimum Gasteiger partial charge on any atom is -0.870 e. The predicted molar refractivity (Wildman–Crippen MR) is 103 cm³/mol. The maximum Gasteiger partial charge on any atom is 0.0791 e. The van der Waals surface area contributed by atoms with Crippen LogP contribution < -0.4 is 0 Å². The molecule has 1 aliphatic carbocycles. The average molecular weight is 357 g/mol. The summed E-state index contributed by atoms with van der Waals surface area (Å²) in [6, 6.07) is 0. The van der Waals surface area contributed by atoms with Crippen molar-refractivity contribution in [1.82, 2.24) is 0 Å². The Morgan fingerprint density at radius 1 is 0.600 bits per heavy atom. The Bertz CT molecular complexity index is 338. The normalized spacial score (nSPS) is 26.2. The van der Waals surface area contributed by atoms with Crippen molar-refractivity contribution in [3.8, 4) is 0 Å². The topological polar surface area (TPSA) is 60.0 Å². The van der Waals surface area contributed by atoms with Gasteiger partial charge in [-0.05, 0) is 32.1 Å². The van der Waals surface area contributed by atoms with Crippen molar-refractivity contribution in [3.63, 3.8) is 0 Å². The zero-order valence-corrected chi connectivity index (χ0v) is 17.0. The Labute approximate surface area is 156 Å². The second-order valence-electron chi connectivity index (χ2n) is 9.28. The zero-order valence-electron chi connectivity index (χ0n) is 17.0. The molecule has 150 valence electrons. The third kappa shape index (κ3) is 5.18. The van der Waals surface area contributed by atoms with Crippen molar-refractivity contribution < 1.29 is 19.9 Å². The van der Waals surface area contributed by atoms with Crippen LogP contribution in [0.1, 0.15) is 78.1 Å². The molecule has 0 bridgehead atoms. The average Bonchev–Trinajstić information content (AvgIpc) is 3.33. The van der Waals surface area contributed by atoms with E-state index in [1.165, 1.54) is 113 Å². The van der Waals surface area contributed by atoms with Crippen molar-refractivity contribution in [3.05, 3.63) is 0 Å². The van der Waals surface area contributed by atoms with Gasteiger partial charge >= 0.3 is 0 Å². The van der Waals surface area contributed by atoms with E-state index < -0.39 is 0 Å². The Kier molecular flexibility index (Phi) is 8.86. The van der Waals surface area contributed by atoms with E-state index in [9.17, 15) is 0 Å². The summed E-state index contributed by atoms with van der Waals surface area (Å²) in [6.45, 7) is 16.5. The predicted octanol–water partition coefficient (Wildman–Crippen LogP) is 4.23. The molecule has 0 unspecified atom stereocenters. The first kappa shape index (κ1) is 22.9. The highest BCUT2D eigenvalue weighted by Crippen LogP contribution is 2.45. The first-order valence-electron chi connectivity index (χ1n) is 10.9. The van der Waals surface area contributed by atoms with Gasteiger partial charge in [-0.15, -0.1) is 0 Å². The van der Waals surface area contributed by atoms with Gasteiger partial charge in [0.15, 0.2) is 0 Å². The van der Waals surface area contributed by atoms with Gasteiger partial charge in [0, 0.05) is 38.5 Å². The minimum absolute atomic E-state index is 0.